The van der Waals surface area contributed by atoms with E-state index in [-0.39, 0.29) is 5.75 Å². The molecular formula is C31H29F3N6O2S. The number of urea groups is 1. The van der Waals surface area contributed by atoms with E-state index in [9.17, 15) is 18.0 Å². The van der Waals surface area contributed by atoms with Gasteiger partial charge in [-0.1, -0.05) is 53.7 Å². The third-order valence-corrected chi connectivity index (χ3v) is 7.52. The predicted octanol–water partition coefficient (Wildman–Crippen LogP) is 7.44. The van der Waals surface area contributed by atoms with Gasteiger partial charge in [-0.2, -0.15) is 4.99 Å². The average Bonchev–Trinajstić information content (AvgIpc) is 3.58. The predicted molar refractivity (Wildman–Crippen MR) is 164 cm³/mol. The first-order valence-corrected chi connectivity index (χ1v) is 14.4. The van der Waals surface area contributed by atoms with Gasteiger partial charge in [-0.05, 0) is 74.7 Å². The smallest absolute Gasteiger partial charge is 0.406 e. The standard InChI is InChI=1S/C31H29F3N6O2S/c1-19-15-20(2)27(21(3)16-19)39-13-14-43-30(39)37-29(41)36-22(4)17-23-5-7-24(8-6-23)28-35-18-40(38-28)25-9-11-26(12-10-25)42-31(32,33)34/h5-12,15-18H,13-14H2,1-4H3,(H,36,41)/b22-17+,37-30-. The first kappa shape index (κ1) is 29.9. The van der Waals surface area contributed by atoms with Crippen LogP contribution >= 0.6 is 11.8 Å². The Hall–Kier alpha value is -4.58. The minimum absolute atomic E-state index is 0.314. The Morgan fingerprint density at radius 3 is 2.37 bits per heavy atom. The van der Waals surface area contributed by atoms with Gasteiger partial charge < -0.3 is 15.0 Å². The summed E-state index contributed by atoms with van der Waals surface area (Å²) < 4.78 is 42.6. The van der Waals surface area contributed by atoms with Crippen molar-refractivity contribution >= 4 is 34.7 Å². The molecule has 43 heavy (non-hydrogen) atoms. The van der Waals surface area contributed by atoms with E-state index < -0.39 is 12.4 Å². The molecule has 1 fully saturated rings. The molecule has 222 valence electrons. The number of hydrogen-bond acceptors (Lipinski definition) is 5. The van der Waals surface area contributed by atoms with Gasteiger partial charge in [0.2, 0.25) is 0 Å². The Bertz CT molecular complexity index is 1670. The number of rotatable bonds is 6. The topological polar surface area (TPSA) is 84.6 Å². The number of carbonyl (C=O) groups excluding carboxylic acids is 1. The van der Waals surface area contributed by atoms with E-state index in [4.69, 9.17) is 0 Å². The molecule has 1 saturated heterocycles. The van der Waals surface area contributed by atoms with E-state index in [0.29, 0.717) is 22.4 Å². The number of nitrogens with one attached hydrogen (secondary N) is 1. The maximum atomic E-state index is 12.8. The molecular weight excluding hydrogens is 577 g/mol. The van der Waals surface area contributed by atoms with Gasteiger partial charge in [0.05, 0.1) is 5.69 Å². The van der Waals surface area contributed by atoms with Crippen molar-refractivity contribution in [2.75, 3.05) is 17.2 Å². The molecule has 0 unspecified atom stereocenters. The fourth-order valence-corrected chi connectivity index (χ4v) is 5.86. The highest BCUT2D eigenvalue weighted by Crippen LogP contribution is 2.32. The number of benzene rings is 3. The monoisotopic (exact) mass is 606 g/mol. The summed E-state index contributed by atoms with van der Waals surface area (Å²) in [6, 6.07) is 16.6. The summed E-state index contributed by atoms with van der Waals surface area (Å²) in [5, 5.41) is 7.95. The van der Waals surface area contributed by atoms with Crippen molar-refractivity contribution in [3.05, 3.63) is 94.9 Å². The lowest BCUT2D eigenvalue weighted by atomic mass is 10.0. The molecule has 8 nitrogen and oxygen atoms in total. The van der Waals surface area contributed by atoms with Gasteiger partial charge in [0.25, 0.3) is 0 Å². The lowest BCUT2D eigenvalue weighted by Gasteiger charge is -2.23. The first-order valence-electron chi connectivity index (χ1n) is 13.4. The summed E-state index contributed by atoms with van der Waals surface area (Å²) in [7, 11) is 0. The minimum atomic E-state index is -4.75. The Labute approximate surface area is 251 Å². The Kier molecular flexibility index (Phi) is 8.58. The SMILES string of the molecule is C/C(=C\c1ccc(-c2ncn(-c3ccc(OC(F)(F)F)cc3)n2)cc1)NC(=O)/N=C1\SCCN1c1c(C)cc(C)cc1C. The number of anilines is 1. The molecule has 0 bridgehead atoms. The van der Waals surface area contributed by atoms with Crippen LogP contribution in [0.2, 0.25) is 0 Å². The summed E-state index contributed by atoms with van der Waals surface area (Å²) >= 11 is 1.56. The van der Waals surface area contributed by atoms with Gasteiger partial charge >= 0.3 is 12.4 Å². The lowest BCUT2D eigenvalue weighted by molar-refractivity contribution is -0.274. The van der Waals surface area contributed by atoms with Crippen molar-refractivity contribution in [2.45, 2.75) is 34.1 Å². The molecule has 1 aliphatic rings. The summed E-state index contributed by atoms with van der Waals surface area (Å²) in [6.45, 7) is 8.82. The third kappa shape index (κ3) is 7.44. The number of amides is 2. The van der Waals surface area contributed by atoms with Crippen LogP contribution in [-0.2, 0) is 0 Å². The number of allylic oxidation sites excluding steroid dienone is 1. The molecule has 3 aromatic carbocycles. The number of aryl methyl sites for hydroxylation is 3. The molecule has 2 heterocycles. The number of aliphatic imine (C=N–C) groups is 1. The second-order valence-corrected chi connectivity index (χ2v) is 11.1. The average molecular weight is 607 g/mol. The van der Waals surface area contributed by atoms with Gasteiger partial charge in [0.15, 0.2) is 11.0 Å². The number of nitrogens with zero attached hydrogens (tertiary/aromatic N) is 5. The highest BCUT2D eigenvalue weighted by atomic mass is 32.2. The number of hydrogen-bond donors (Lipinski definition) is 1. The van der Waals surface area contributed by atoms with Crippen LogP contribution < -0.4 is 15.0 Å². The van der Waals surface area contributed by atoms with Crippen molar-refractivity contribution in [2.24, 2.45) is 4.99 Å². The zero-order valence-electron chi connectivity index (χ0n) is 23.9. The van der Waals surface area contributed by atoms with Crippen LogP contribution in [0.4, 0.5) is 23.7 Å². The van der Waals surface area contributed by atoms with Crippen LogP contribution in [0.15, 0.2) is 77.7 Å². The zero-order valence-corrected chi connectivity index (χ0v) is 24.8. The van der Waals surface area contributed by atoms with Gasteiger partial charge in [0, 0.05) is 29.2 Å². The number of ether oxygens (including phenoxy) is 1. The number of alkyl halides is 3. The summed E-state index contributed by atoms with van der Waals surface area (Å²) in [4.78, 5) is 23.6. The highest BCUT2D eigenvalue weighted by molar-refractivity contribution is 8.14. The van der Waals surface area contributed by atoms with Crippen molar-refractivity contribution in [3.63, 3.8) is 0 Å². The molecule has 1 aliphatic heterocycles. The Balaban J connectivity index is 1.23. The fraction of sp³-hybridized carbons (Fsp3) is 0.226. The molecule has 4 aromatic rings. The van der Waals surface area contributed by atoms with Crippen molar-refractivity contribution in [1.82, 2.24) is 20.1 Å². The maximum Gasteiger partial charge on any atom is 0.573 e. The normalized spacial score (nSPS) is 14.8. The van der Waals surface area contributed by atoms with E-state index >= 15 is 0 Å². The molecule has 1 N–H and O–H groups in total. The summed E-state index contributed by atoms with van der Waals surface area (Å²) in [5.41, 5.74) is 7.39. The minimum Gasteiger partial charge on any atom is -0.406 e. The van der Waals surface area contributed by atoms with E-state index in [0.717, 1.165) is 40.2 Å². The van der Waals surface area contributed by atoms with Gasteiger partial charge in [-0.15, -0.1) is 18.3 Å². The van der Waals surface area contributed by atoms with E-state index in [1.165, 1.54) is 40.8 Å². The fourth-order valence-electron chi connectivity index (χ4n) is 4.92. The van der Waals surface area contributed by atoms with Crippen LogP contribution in [0.25, 0.3) is 23.2 Å². The third-order valence-electron chi connectivity index (χ3n) is 6.56. The lowest BCUT2D eigenvalue weighted by Crippen LogP contribution is -2.28. The van der Waals surface area contributed by atoms with E-state index in [2.05, 4.69) is 62.9 Å². The first-order chi connectivity index (χ1) is 20.4. The Morgan fingerprint density at radius 1 is 1.05 bits per heavy atom. The largest absolute Gasteiger partial charge is 0.573 e. The number of halogens is 3. The highest BCUT2D eigenvalue weighted by Gasteiger charge is 2.31. The molecule has 5 rings (SSSR count). The van der Waals surface area contributed by atoms with Crippen molar-refractivity contribution in [3.8, 4) is 22.8 Å². The maximum absolute atomic E-state index is 12.8. The summed E-state index contributed by atoms with van der Waals surface area (Å²) in [6.07, 6.45) is -1.43. The molecule has 0 atom stereocenters. The zero-order chi connectivity index (χ0) is 30.7. The van der Waals surface area contributed by atoms with Crippen LogP contribution in [0.5, 0.6) is 5.75 Å². The second kappa shape index (κ2) is 12.3. The summed E-state index contributed by atoms with van der Waals surface area (Å²) in [5.74, 6) is 0.992. The van der Waals surface area contributed by atoms with Crippen LogP contribution in [0.3, 0.4) is 0 Å². The number of aromatic nitrogens is 3. The number of thioether (sulfide) groups is 1. The molecule has 0 saturated carbocycles. The van der Waals surface area contributed by atoms with Gasteiger partial charge in [-0.25, -0.2) is 14.5 Å². The quantitative estimate of drug-likeness (QED) is 0.246. The molecule has 12 heteroatoms. The van der Waals surface area contributed by atoms with Crippen LogP contribution in [-0.4, -0.2) is 44.6 Å². The number of amidine groups is 1. The number of carbonyl (C=O) groups is 1. The molecule has 2 amide bonds. The van der Waals surface area contributed by atoms with E-state index in [1.807, 2.05) is 30.3 Å². The van der Waals surface area contributed by atoms with E-state index in [1.54, 1.807) is 18.7 Å². The molecule has 0 spiro atoms. The van der Waals surface area contributed by atoms with Gasteiger partial charge in [-0.3, -0.25) is 0 Å². The second-order valence-electron chi connectivity index (χ2n) is 10.1. The molecule has 0 aliphatic carbocycles. The van der Waals surface area contributed by atoms with Crippen molar-refractivity contribution in [1.29, 1.82) is 0 Å². The van der Waals surface area contributed by atoms with Crippen LogP contribution in [0.1, 0.15) is 29.2 Å². The van der Waals surface area contributed by atoms with Crippen LogP contribution in [0, 0.1) is 20.8 Å². The van der Waals surface area contributed by atoms with Gasteiger partial charge in [0.1, 0.15) is 12.1 Å². The molecule has 0 radical (unpaired) electrons. The molecule has 1 aromatic heterocycles. The van der Waals surface area contributed by atoms with Crippen molar-refractivity contribution < 1.29 is 22.7 Å². The Morgan fingerprint density at radius 2 is 1.72 bits per heavy atom.